The summed E-state index contributed by atoms with van der Waals surface area (Å²) in [6, 6.07) is 12.1. The number of hydrogen-bond acceptors (Lipinski definition) is 4. The monoisotopic (exact) mass is 458 g/mol. The molecule has 0 saturated heterocycles. The Morgan fingerprint density at radius 3 is 2.53 bits per heavy atom. The minimum absolute atomic E-state index is 0.0249. The van der Waals surface area contributed by atoms with Gasteiger partial charge < -0.3 is 5.73 Å². The van der Waals surface area contributed by atoms with Crippen LogP contribution >= 0.6 is 0 Å². The van der Waals surface area contributed by atoms with Crippen molar-refractivity contribution in [1.82, 2.24) is 9.97 Å². The molecule has 1 aliphatic heterocycles. The predicted molar refractivity (Wildman–Crippen MR) is 126 cm³/mol. The molecule has 2 N–H and O–H groups in total. The molecular weight excluding hydrogens is 437 g/mol. The van der Waals surface area contributed by atoms with E-state index in [1.165, 1.54) is 18.5 Å². The second-order valence-corrected chi connectivity index (χ2v) is 8.41. The summed E-state index contributed by atoms with van der Waals surface area (Å²) in [4.78, 5) is 12.9. The quantitative estimate of drug-likeness (QED) is 0.544. The van der Waals surface area contributed by atoms with E-state index in [0.29, 0.717) is 16.7 Å². The molecule has 2 aromatic carbocycles. The van der Waals surface area contributed by atoms with Gasteiger partial charge in [0.2, 0.25) is 0 Å². The van der Waals surface area contributed by atoms with E-state index in [2.05, 4.69) is 9.97 Å². The SMILES string of the molecule is CC1=CC=C(C2(c3cccc(-c4cncnc4)c3)N=C(N)c3c(F)cccc32)C=C(C(F)F)C1. The Hall–Kier alpha value is -4.00. The Kier molecular flexibility index (Phi) is 5.40. The van der Waals surface area contributed by atoms with Gasteiger partial charge in [-0.2, -0.15) is 0 Å². The molecule has 0 fully saturated rings. The van der Waals surface area contributed by atoms with Crippen LogP contribution in [0.1, 0.15) is 30.0 Å². The number of alkyl halides is 2. The average molecular weight is 458 g/mol. The van der Waals surface area contributed by atoms with Gasteiger partial charge in [0.1, 0.15) is 23.5 Å². The highest BCUT2D eigenvalue weighted by atomic mass is 19.3. The van der Waals surface area contributed by atoms with Gasteiger partial charge >= 0.3 is 0 Å². The van der Waals surface area contributed by atoms with Crippen LogP contribution in [-0.4, -0.2) is 22.2 Å². The fourth-order valence-corrected chi connectivity index (χ4v) is 4.64. The molecule has 2 heterocycles. The summed E-state index contributed by atoms with van der Waals surface area (Å²) in [6.45, 7) is 1.80. The van der Waals surface area contributed by atoms with Crippen molar-refractivity contribution in [3.63, 3.8) is 0 Å². The lowest BCUT2D eigenvalue weighted by Crippen LogP contribution is -2.26. The number of rotatable bonds is 4. The molecule has 1 aromatic heterocycles. The Morgan fingerprint density at radius 2 is 1.76 bits per heavy atom. The number of amidine groups is 1. The number of hydrogen-bond donors (Lipinski definition) is 1. The molecule has 0 spiro atoms. The van der Waals surface area contributed by atoms with Gasteiger partial charge in [0.25, 0.3) is 6.43 Å². The molecule has 0 amide bonds. The van der Waals surface area contributed by atoms with E-state index >= 15 is 0 Å². The van der Waals surface area contributed by atoms with Crippen molar-refractivity contribution in [3.05, 3.63) is 119 Å². The minimum atomic E-state index is -2.63. The fraction of sp³-hybridized carbons (Fsp3) is 0.148. The van der Waals surface area contributed by atoms with Crippen molar-refractivity contribution in [2.45, 2.75) is 25.3 Å². The van der Waals surface area contributed by atoms with Crippen molar-refractivity contribution >= 4 is 5.84 Å². The Morgan fingerprint density at radius 1 is 1.00 bits per heavy atom. The standard InChI is InChI=1S/C27H21F3N4/c1-16-8-9-21(12-18(10-16)25(29)30)27(22-6-3-7-23(28)24(22)26(31)34-27)20-5-2-4-17(11-20)19-13-32-15-33-14-19/h2-9,11-15,25H,10H2,1H3,(H2,31,34). The summed E-state index contributed by atoms with van der Waals surface area (Å²) >= 11 is 0. The summed E-state index contributed by atoms with van der Waals surface area (Å²) in [7, 11) is 0. The Balaban J connectivity index is 1.82. The number of allylic oxidation sites excluding steroid dienone is 4. The van der Waals surface area contributed by atoms with Crippen LogP contribution in [0.25, 0.3) is 11.1 Å². The third-order valence-electron chi connectivity index (χ3n) is 6.19. The molecule has 1 aliphatic carbocycles. The number of nitrogens with zero attached hydrogens (tertiary/aromatic N) is 3. The first-order valence-electron chi connectivity index (χ1n) is 10.8. The lowest BCUT2D eigenvalue weighted by molar-refractivity contribution is 0.186. The molecule has 7 heteroatoms. The summed E-state index contributed by atoms with van der Waals surface area (Å²) in [6.07, 6.45) is 7.38. The molecule has 3 aromatic rings. The third-order valence-corrected chi connectivity index (χ3v) is 6.19. The van der Waals surface area contributed by atoms with E-state index < -0.39 is 17.8 Å². The molecule has 170 valence electrons. The van der Waals surface area contributed by atoms with Gasteiger partial charge in [-0.1, -0.05) is 54.1 Å². The average Bonchev–Trinajstić information content (AvgIpc) is 3.01. The van der Waals surface area contributed by atoms with Crippen molar-refractivity contribution in [3.8, 4) is 11.1 Å². The maximum Gasteiger partial charge on any atom is 0.260 e. The molecular formula is C27H21F3N4. The van der Waals surface area contributed by atoms with Crippen LogP contribution in [0.3, 0.4) is 0 Å². The van der Waals surface area contributed by atoms with E-state index in [-0.39, 0.29) is 23.4 Å². The highest BCUT2D eigenvalue weighted by molar-refractivity contribution is 6.03. The molecule has 0 bridgehead atoms. The zero-order valence-corrected chi connectivity index (χ0v) is 18.3. The van der Waals surface area contributed by atoms with Gasteiger partial charge in [-0.05, 0) is 47.8 Å². The van der Waals surface area contributed by atoms with Gasteiger partial charge in [-0.25, -0.2) is 28.1 Å². The Bertz CT molecular complexity index is 1390. The van der Waals surface area contributed by atoms with Crippen LogP contribution in [0, 0.1) is 5.82 Å². The number of benzene rings is 2. The van der Waals surface area contributed by atoms with Crippen LogP contribution in [0.15, 0.2) is 101 Å². The fourth-order valence-electron chi connectivity index (χ4n) is 4.64. The molecule has 0 radical (unpaired) electrons. The van der Waals surface area contributed by atoms with Crippen molar-refractivity contribution in [2.24, 2.45) is 10.7 Å². The number of aromatic nitrogens is 2. The zero-order chi connectivity index (χ0) is 23.9. The molecule has 34 heavy (non-hydrogen) atoms. The second-order valence-electron chi connectivity index (χ2n) is 8.41. The van der Waals surface area contributed by atoms with Crippen molar-refractivity contribution < 1.29 is 13.2 Å². The first kappa shape index (κ1) is 21.8. The molecule has 2 aliphatic rings. The largest absolute Gasteiger partial charge is 0.383 e. The van der Waals surface area contributed by atoms with Crippen LogP contribution < -0.4 is 5.73 Å². The van der Waals surface area contributed by atoms with E-state index in [0.717, 1.165) is 16.7 Å². The van der Waals surface area contributed by atoms with Gasteiger partial charge in [0.15, 0.2) is 0 Å². The maximum absolute atomic E-state index is 14.9. The maximum atomic E-state index is 14.9. The third kappa shape index (κ3) is 3.53. The number of aliphatic imine (C=N–C) groups is 1. The summed E-state index contributed by atoms with van der Waals surface area (Å²) in [5.41, 5.74) is 9.19. The van der Waals surface area contributed by atoms with E-state index in [1.54, 1.807) is 43.6 Å². The van der Waals surface area contributed by atoms with Gasteiger partial charge in [-0.3, -0.25) is 0 Å². The van der Waals surface area contributed by atoms with Crippen LogP contribution in [-0.2, 0) is 5.54 Å². The molecule has 0 saturated carbocycles. The van der Waals surface area contributed by atoms with Gasteiger partial charge in [-0.15, -0.1) is 0 Å². The van der Waals surface area contributed by atoms with Crippen LogP contribution in [0.5, 0.6) is 0 Å². The van der Waals surface area contributed by atoms with Crippen molar-refractivity contribution in [1.29, 1.82) is 0 Å². The number of halogens is 3. The van der Waals surface area contributed by atoms with E-state index in [9.17, 15) is 13.2 Å². The number of fused-ring (bicyclic) bond motifs is 1. The topological polar surface area (TPSA) is 64.2 Å². The molecule has 4 nitrogen and oxygen atoms in total. The minimum Gasteiger partial charge on any atom is -0.383 e. The highest BCUT2D eigenvalue weighted by Crippen LogP contribution is 2.49. The lowest BCUT2D eigenvalue weighted by atomic mass is 9.75. The van der Waals surface area contributed by atoms with Gasteiger partial charge in [0, 0.05) is 23.5 Å². The molecule has 5 rings (SSSR count). The second kappa shape index (κ2) is 8.41. The summed E-state index contributed by atoms with van der Waals surface area (Å²) < 4.78 is 42.8. The molecule has 1 atom stereocenters. The van der Waals surface area contributed by atoms with Gasteiger partial charge in [0.05, 0.1) is 5.56 Å². The first-order chi connectivity index (χ1) is 16.4. The Labute approximate surface area is 195 Å². The summed E-state index contributed by atoms with van der Waals surface area (Å²) in [5.74, 6) is -0.480. The predicted octanol–water partition coefficient (Wildman–Crippen LogP) is 5.71. The van der Waals surface area contributed by atoms with Crippen LogP contribution in [0.4, 0.5) is 13.2 Å². The van der Waals surface area contributed by atoms with Crippen molar-refractivity contribution in [2.75, 3.05) is 0 Å². The highest BCUT2D eigenvalue weighted by Gasteiger charge is 2.45. The van der Waals surface area contributed by atoms with E-state index in [4.69, 9.17) is 10.7 Å². The number of nitrogens with two attached hydrogens (primary N) is 1. The van der Waals surface area contributed by atoms with Crippen LogP contribution in [0.2, 0.25) is 0 Å². The normalized spacial score (nSPS) is 19.7. The van der Waals surface area contributed by atoms with E-state index in [1.807, 2.05) is 24.3 Å². The first-order valence-corrected chi connectivity index (χ1v) is 10.8. The smallest absolute Gasteiger partial charge is 0.260 e. The summed E-state index contributed by atoms with van der Waals surface area (Å²) in [5, 5.41) is 0. The molecule has 1 unspecified atom stereocenters. The lowest BCUT2D eigenvalue weighted by Gasteiger charge is -2.31. The zero-order valence-electron chi connectivity index (χ0n) is 18.3.